The van der Waals surface area contributed by atoms with Gasteiger partial charge >= 0.3 is 5.97 Å². The van der Waals surface area contributed by atoms with Crippen molar-refractivity contribution in [3.8, 4) is 5.75 Å². The van der Waals surface area contributed by atoms with E-state index < -0.39 is 12.1 Å². The van der Waals surface area contributed by atoms with Crippen molar-refractivity contribution < 1.29 is 19.4 Å². The molecule has 150 valence electrons. The van der Waals surface area contributed by atoms with Crippen molar-refractivity contribution in [1.82, 2.24) is 5.32 Å². The molecule has 1 unspecified atom stereocenters. The molecule has 1 aliphatic rings. The maximum Gasteiger partial charge on any atom is 0.344 e. The number of nitrogens with zero attached hydrogens (tertiary/aromatic N) is 1. The lowest BCUT2D eigenvalue weighted by molar-refractivity contribution is -0.145. The number of carboxylic acids is 1. The fourth-order valence-electron chi connectivity index (χ4n) is 2.78. The van der Waals surface area contributed by atoms with Crippen molar-refractivity contribution in [1.29, 1.82) is 0 Å². The molecule has 1 heterocycles. The molecule has 7 heteroatoms. The Labute approximate surface area is 173 Å². The first-order valence-corrected chi connectivity index (χ1v) is 10.2. The topological polar surface area (TPSA) is 88.0 Å². The summed E-state index contributed by atoms with van der Waals surface area (Å²) in [6.07, 6.45) is 2.14. The molecule has 0 bridgehead atoms. The molecule has 0 radical (unpaired) electrons. The molecule has 1 amide bonds. The molecule has 1 atom stereocenters. The Morgan fingerprint density at radius 2 is 1.93 bits per heavy atom. The number of benzene rings is 2. The molecular formula is C22H22N2O4S. The number of aliphatic carboxylic acids is 1. The molecule has 1 saturated heterocycles. The number of amidine groups is 1. The van der Waals surface area contributed by atoms with E-state index in [0.717, 1.165) is 23.2 Å². The lowest BCUT2D eigenvalue weighted by atomic mass is 10.1. The van der Waals surface area contributed by atoms with Crippen molar-refractivity contribution >= 4 is 40.6 Å². The molecule has 2 aromatic rings. The zero-order valence-corrected chi connectivity index (χ0v) is 17.0. The van der Waals surface area contributed by atoms with Gasteiger partial charge in [-0.1, -0.05) is 44.2 Å². The van der Waals surface area contributed by atoms with Crippen LogP contribution in [0.2, 0.25) is 0 Å². The van der Waals surface area contributed by atoms with Crippen LogP contribution in [0.1, 0.15) is 31.4 Å². The molecule has 0 aromatic heterocycles. The number of carbonyl (C=O) groups excluding carboxylic acids is 1. The monoisotopic (exact) mass is 410 g/mol. The summed E-state index contributed by atoms with van der Waals surface area (Å²) >= 11 is 1.29. The Bertz CT molecular complexity index is 967. The Morgan fingerprint density at radius 1 is 1.21 bits per heavy atom. The van der Waals surface area contributed by atoms with E-state index in [4.69, 9.17) is 9.84 Å². The minimum absolute atomic E-state index is 0.194. The van der Waals surface area contributed by atoms with Crippen molar-refractivity contribution in [2.45, 2.75) is 32.8 Å². The molecule has 3 rings (SSSR count). The molecule has 0 saturated carbocycles. The standard InChI is InChI=1S/C22H22N2O4S/c1-3-15-7-5-6-8-17(15)23-22-24-20(25)19(29-22)13-14-9-11-16(12-10-14)28-18(4-2)21(26)27/h5-13,18H,3-4H2,1-2H3,(H,26,27)(H,23,24,25)/b19-13+. The second-order valence-corrected chi connectivity index (χ2v) is 7.42. The second kappa shape index (κ2) is 9.43. The molecule has 2 N–H and O–H groups in total. The van der Waals surface area contributed by atoms with E-state index in [-0.39, 0.29) is 5.91 Å². The Hall–Kier alpha value is -3.06. The number of thioether (sulfide) groups is 1. The van der Waals surface area contributed by atoms with Crippen molar-refractivity contribution in [2.75, 3.05) is 0 Å². The van der Waals surface area contributed by atoms with Crippen LogP contribution in [0.4, 0.5) is 5.69 Å². The Balaban J connectivity index is 1.73. The van der Waals surface area contributed by atoms with E-state index in [0.29, 0.717) is 22.2 Å². The Kier molecular flexibility index (Phi) is 6.72. The van der Waals surface area contributed by atoms with Crippen LogP contribution >= 0.6 is 11.8 Å². The van der Waals surface area contributed by atoms with E-state index in [2.05, 4.69) is 17.2 Å². The lowest BCUT2D eigenvalue weighted by Crippen LogP contribution is -2.25. The van der Waals surface area contributed by atoms with Gasteiger partial charge in [-0.25, -0.2) is 9.79 Å². The average molecular weight is 410 g/mol. The number of ether oxygens (including phenoxy) is 1. The maximum atomic E-state index is 12.3. The molecule has 2 aromatic carbocycles. The summed E-state index contributed by atoms with van der Waals surface area (Å²) < 4.78 is 5.45. The largest absolute Gasteiger partial charge is 0.479 e. The van der Waals surface area contributed by atoms with Crippen LogP contribution in [0.5, 0.6) is 5.75 Å². The van der Waals surface area contributed by atoms with Gasteiger partial charge < -0.3 is 15.2 Å². The number of hydrogen-bond donors (Lipinski definition) is 2. The van der Waals surface area contributed by atoms with E-state index in [1.165, 1.54) is 11.8 Å². The number of amides is 1. The van der Waals surface area contributed by atoms with Gasteiger partial charge in [0.2, 0.25) is 0 Å². The summed E-state index contributed by atoms with van der Waals surface area (Å²) in [4.78, 5) is 28.5. The highest BCUT2D eigenvalue weighted by molar-refractivity contribution is 8.18. The van der Waals surface area contributed by atoms with Crippen molar-refractivity contribution in [2.24, 2.45) is 4.99 Å². The zero-order valence-electron chi connectivity index (χ0n) is 16.2. The molecule has 0 aliphatic carbocycles. The van der Waals surface area contributed by atoms with Crippen LogP contribution < -0.4 is 10.1 Å². The van der Waals surface area contributed by atoms with Crippen LogP contribution in [0.15, 0.2) is 58.4 Å². The summed E-state index contributed by atoms with van der Waals surface area (Å²) in [5.74, 6) is -0.711. The van der Waals surface area contributed by atoms with E-state index in [1.54, 1.807) is 37.3 Å². The van der Waals surface area contributed by atoms with Crippen molar-refractivity contribution in [3.63, 3.8) is 0 Å². The summed E-state index contributed by atoms with van der Waals surface area (Å²) in [7, 11) is 0. The number of carbonyl (C=O) groups is 2. The Morgan fingerprint density at radius 3 is 2.59 bits per heavy atom. The van der Waals surface area contributed by atoms with Crippen LogP contribution in [-0.4, -0.2) is 28.3 Å². The minimum Gasteiger partial charge on any atom is -0.479 e. The van der Waals surface area contributed by atoms with Gasteiger partial charge in [-0.05, 0) is 60.0 Å². The fraction of sp³-hybridized carbons (Fsp3) is 0.227. The number of aryl methyl sites for hydroxylation is 1. The number of carboxylic acid groups (broad SMARTS) is 1. The quantitative estimate of drug-likeness (QED) is 0.661. The first kappa shape index (κ1) is 20.7. The van der Waals surface area contributed by atoms with Gasteiger partial charge in [0.1, 0.15) is 5.75 Å². The van der Waals surface area contributed by atoms with Gasteiger partial charge in [0, 0.05) is 0 Å². The van der Waals surface area contributed by atoms with Crippen LogP contribution in [0.25, 0.3) is 6.08 Å². The van der Waals surface area contributed by atoms with E-state index in [9.17, 15) is 9.59 Å². The van der Waals surface area contributed by atoms with Gasteiger partial charge in [0.15, 0.2) is 11.3 Å². The smallest absolute Gasteiger partial charge is 0.344 e. The van der Waals surface area contributed by atoms with Gasteiger partial charge in [-0.3, -0.25) is 4.79 Å². The number of para-hydroxylation sites is 1. The number of nitrogens with one attached hydrogen (secondary N) is 1. The van der Waals surface area contributed by atoms with Gasteiger partial charge in [0.25, 0.3) is 5.91 Å². The summed E-state index contributed by atoms with van der Waals surface area (Å²) in [5, 5.41) is 12.4. The minimum atomic E-state index is -0.991. The highest BCUT2D eigenvalue weighted by atomic mass is 32.2. The number of aliphatic imine (C=N–C) groups is 1. The van der Waals surface area contributed by atoms with Crippen LogP contribution in [0.3, 0.4) is 0 Å². The third-order valence-electron chi connectivity index (χ3n) is 4.35. The molecular weight excluding hydrogens is 388 g/mol. The molecule has 29 heavy (non-hydrogen) atoms. The lowest BCUT2D eigenvalue weighted by Gasteiger charge is -2.13. The zero-order chi connectivity index (χ0) is 20.8. The van der Waals surface area contributed by atoms with E-state index in [1.807, 2.05) is 24.3 Å². The summed E-state index contributed by atoms with van der Waals surface area (Å²) in [5.41, 5.74) is 2.78. The van der Waals surface area contributed by atoms with E-state index >= 15 is 0 Å². The third kappa shape index (κ3) is 5.26. The second-order valence-electron chi connectivity index (χ2n) is 6.39. The predicted molar refractivity (Wildman–Crippen MR) is 115 cm³/mol. The van der Waals surface area contributed by atoms with Gasteiger partial charge in [0.05, 0.1) is 10.6 Å². The molecule has 0 spiro atoms. The van der Waals surface area contributed by atoms with Gasteiger partial charge in [-0.2, -0.15) is 0 Å². The summed E-state index contributed by atoms with van der Waals surface area (Å²) in [6, 6.07) is 14.8. The highest BCUT2D eigenvalue weighted by Crippen LogP contribution is 2.29. The molecule has 1 fully saturated rings. The maximum absolute atomic E-state index is 12.3. The first-order valence-electron chi connectivity index (χ1n) is 9.37. The molecule has 1 aliphatic heterocycles. The predicted octanol–water partition coefficient (Wildman–Crippen LogP) is 4.38. The fourth-order valence-corrected chi connectivity index (χ4v) is 3.61. The third-order valence-corrected chi connectivity index (χ3v) is 5.26. The number of hydrogen-bond acceptors (Lipinski definition) is 5. The average Bonchev–Trinajstić information content (AvgIpc) is 3.06. The normalized spacial score (nSPS) is 17.4. The van der Waals surface area contributed by atoms with Crippen LogP contribution in [0, 0.1) is 0 Å². The molecule has 6 nitrogen and oxygen atoms in total. The first-order chi connectivity index (χ1) is 14.0. The number of rotatable bonds is 7. The highest BCUT2D eigenvalue weighted by Gasteiger charge is 2.24. The summed E-state index contributed by atoms with van der Waals surface area (Å²) in [6.45, 7) is 3.82. The van der Waals surface area contributed by atoms with Crippen LogP contribution in [-0.2, 0) is 16.0 Å². The van der Waals surface area contributed by atoms with Gasteiger partial charge in [-0.15, -0.1) is 0 Å². The SMILES string of the molecule is CCc1ccccc1N=C1NC(=O)/C(=C\c2ccc(OC(CC)C(=O)O)cc2)S1. The van der Waals surface area contributed by atoms with Crippen molar-refractivity contribution in [3.05, 3.63) is 64.6 Å².